The molecule has 0 radical (unpaired) electrons. The van der Waals surface area contributed by atoms with Crippen molar-refractivity contribution in [3.05, 3.63) is 0 Å². The highest BCUT2D eigenvalue weighted by atomic mass is 16.6. The molecule has 4 nitrogen and oxygen atoms in total. The monoisotopic (exact) mass is 284 g/mol. The van der Waals surface area contributed by atoms with Crippen molar-refractivity contribution in [2.24, 2.45) is 0 Å². The van der Waals surface area contributed by atoms with Crippen molar-refractivity contribution in [1.29, 1.82) is 0 Å². The number of nitrogens with one attached hydrogen (secondary N) is 1. The fourth-order valence-corrected chi connectivity index (χ4v) is 2.54. The van der Waals surface area contributed by atoms with Gasteiger partial charge in [0.05, 0.1) is 0 Å². The van der Waals surface area contributed by atoms with Crippen LogP contribution in [0.3, 0.4) is 0 Å². The molecule has 0 aromatic rings. The molecule has 0 bridgehead atoms. The zero-order valence-corrected chi connectivity index (χ0v) is 14.1. The van der Waals surface area contributed by atoms with Gasteiger partial charge in [0.2, 0.25) is 0 Å². The first-order chi connectivity index (χ1) is 9.28. The Labute approximate surface area is 124 Å². The molecule has 1 aliphatic carbocycles. The minimum absolute atomic E-state index is 0.276. The lowest BCUT2D eigenvalue weighted by atomic mass is 10.0. The van der Waals surface area contributed by atoms with Crippen LogP contribution >= 0.6 is 0 Å². The summed E-state index contributed by atoms with van der Waals surface area (Å²) in [6.07, 6.45) is 4.46. The van der Waals surface area contributed by atoms with Crippen molar-refractivity contribution >= 4 is 6.09 Å². The van der Waals surface area contributed by atoms with Gasteiger partial charge in [0, 0.05) is 24.7 Å². The van der Waals surface area contributed by atoms with Gasteiger partial charge in [-0.3, -0.25) is 4.90 Å². The van der Waals surface area contributed by atoms with Crippen LogP contribution in [0, 0.1) is 0 Å². The van der Waals surface area contributed by atoms with Crippen molar-refractivity contribution in [3.8, 4) is 0 Å². The lowest BCUT2D eigenvalue weighted by Crippen LogP contribution is -2.49. The number of hydrogen-bond acceptors (Lipinski definition) is 3. The fourth-order valence-electron chi connectivity index (χ4n) is 2.54. The SMILES string of the molecule is CC.CC(C)(C)OC(=O)NC1CCN(C2(C)CC2)CC1. The number of amides is 1. The van der Waals surface area contributed by atoms with Crippen LogP contribution in [0.1, 0.15) is 67.2 Å². The van der Waals surface area contributed by atoms with Crippen LogP contribution in [0.4, 0.5) is 4.79 Å². The van der Waals surface area contributed by atoms with Gasteiger partial charge < -0.3 is 10.1 Å². The number of likely N-dealkylation sites (tertiary alicyclic amines) is 1. The third kappa shape index (κ3) is 5.31. The van der Waals surface area contributed by atoms with Gasteiger partial charge >= 0.3 is 6.09 Å². The summed E-state index contributed by atoms with van der Waals surface area (Å²) in [5, 5.41) is 2.98. The number of piperidine rings is 1. The van der Waals surface area contributed by atoms with E-state index in [1.807, 2.05) is 34.6 Å². The second-order valence-corrected chi connectivity index (χ2v) is 6.90. The van der Waals surface area contributed by atoms with E-state index in [0.29, 0.717) is 5.54 Å². The van der Waals surface area contributed by atoms with E-state index < -0.39 is 5.60 Å². The second-order valence-electron chi connectivity index (χ2n) is 6.90. The molecule has 1 saturated heterocycles. The molecule has 4 heteroatoms. The molecular weight excluding hydrogens is 252 g/mol. The number of carbonyl (C=O) groups is 1. The molecule has 0 unspecified atom stereocenters. The number of ether oxygens (including phenoxy) is 1. The van der Waals surface area contributed by atoms with Gasteiger partial charge in [-0.2, -0.15) is 0 Å². The third-order valence-corrected chi connectivity index (χ3v) is 3.95. The van der Waals surface area contributed by atoms with Crippen LogP contribution in [0.5, 0.6) is 0 Å². The Morgan fingerprint density at radius 3 is 2.10 bits per heavy atom. The van der Waals surface area contributed by atoms with E-state index in [1.165, 1.54) is 12.8 Å². The van der Waals surface area contributed by atoms with Crippen LogP contribution in [0.15, 0.2) is 0 Å². The molecule has 0 atom stereocenters. The van der Waals surface area contributed by atoms with Gasteiger partial charge in [-0.15, -0.1) is 0 Å². The molecule has 1 amide bonds. The van der Waals surface area contributed by atoms with Crippen molar-refractivity contribution in [1.82, 2.24) is 10.2 Å². The molecule has 0 aromatic heterocycles. The lowest BCUT2D eigenvalue weighted by molar-refractivity contribution is 0.0466. The number of carbonyl (C=O) groups excluding carboxylic acids is 1. The minimum Gasteiger partial charge on any atom is -0.444 e. The fraction of sp³-hybridized carbons (Fsp3) is 0.938. The number of rotatable bonds is 2. The van der Waals surface area contributed by atoms with Crippen molar-refractivity contribution in [3.63, 3.8) is 0 Å². The lowest BCUT2D eigenvalue weighted by Gasteiger charge is -2.36. The first-order valence-electron chi connectivity index (χ1n) is 8.03. The van der Waals surface area contributed by atoms with E-state index >= 15 is 0 Å². The first kappa shape index (κ1) is 17.3. The summed E-state index contributed by atoms with van der Waals surface area (Å²) in [6, 6.07) is 0.276. The second kappa shape index (κ2) is 6.79. The maximum absolute atomic E-state index is 11.7. The molecule has 1 aliphatic heterocycles. The van der Waals surface area contributed by atoms with E-state index in [0.717, 1.165) is 25.9 Å². The van der Waals surface area contributed by atoms with E-state index in [1.54, 1.807) is 0 Å². The summed E-state index contributed by atoms with van der Waals surface area (Å²) < 4.78 is 5.28. The summed E-state index contributed by atoms with van der Waals surface area (Å²) in [7, 11) is 0. The highest BCUT2D eigenvalue weighted by molar-refractivity contribution is 5.68. The molecule has 2 rings (SSSR count). The molecule has 2 aliphatic rings. The zero-order valence-electron chi connectivity index (χ0n) is 14.1. The molecule has 0 spiro atoms. The summed E-state index contributed by atoms with van der Waals surface area (Å²) >= 11 is 0. The van der Waals surface area contributed by atoms with Crippen LogP contribution in [-0.2, 0) is 4.74 Å². The topological polar surface area (TPSA) is 41.6 Å². The number of hydrogen-bond donors (Lipinski definition) is 1. The highest BCUT2D eigenvalue weighted by Crippen LogP contribution is 2.42. The zero-order chi connectivity index (χ0) is 15.4. The predicted molar refractivity (Wildman–Crippen MR) is 83.0 cm³/mol. The Morgan fingerprint density at radius 1 is 1.20 bits per heavy atom. The molecule has 118 valence electrons. The Bertz CT molecular complexity index is 311. The summed E-state index contributed by atoms with van der Waals surface area (Å²) in [5.41, 5.74) is 0.0587. The highest BCUT2D eigenvalue weighted by Gasteiger charge is 2.44. The van der Waals surface area contributed by atoms with Gasteiger partial charge in [-0.25, -0.2) is 4.79 Å². The van der Waals surface area contributed by atoms with Gasteiger partial charge in [0.15, 0.2) is 0 Å². The van der Waals surface area contributed by atoms with Crippen molar-refractivity contribution in [2.75, 3.05) is 13.1 Å². The van der Waals surface area contributed by atoms with Crippen molar-refractivity contribution in [2.45, 2.75) is 84.4 Å². The van der Waals surface area contributed by atoms with Crippen molar-refractivity contribution < 1.29 is 9.53 Å². The van der Waals surface area contributed by atoms with Gasteiger partial charge in [-0.05, 0) is 53.4 Å². The Hall–Kier alpha value is -0.770. The van der Waals surface area contributed by atoms with Gasteiger partial charge in [-0.1, -0.05) is 13.8 Å². The van der Waals surface area contributed by atoms with Gasteiger partial charge in [0.25, 0.3) is 0 Å². The van der Waals surface area contributed by atoms with Crippen LogP contribution < -0.4 is 5.32 Å². The largest absolute Gasteiger partial charge is 0.444 e. The quantitative estimate of drug-likeness (QED) is 0.843. The van der Waals surface area contributed by atoms with Crippen LogP contribution in [-0.4, -0.2) is 41.3 Å². The van der Waals surface area contributed by atoms with Crippen LogP contribution in [0.25, 0.3) is 0 Å². The molecule has 1 saturated carbocycles. The molecule has 20 heavy (non-hydrogen) atoms. The van der Waals surface area contributed by atoms with Gasteiger partial charge in [0.1, 0.15) is 5.60 Å². The van der Waals surface area contributed by atoms with Crippen LogP contribution in [0.2, 0.25) is 0 Å². The van der Waals surface area contributed by atoms with E-state index in [4.69, 9.17) is 4.74 Å². The standard InChI is InChI=1S/C14H26N2O2.C2H6/c1-13(2,3)18-12(17)15-11-5-9-16(10-6-11)14(4)7-8-14;1-2/h11H,5-10H2,1-4H3,(H,15,17);1-2H3. The first-order valence-corrected chi connectivity index (χ1v) is 8.03. The Kier molecular flexibility index (Phi) is 5.87. The Morgan fingerprint density at radius 2 is 1.70 bits per heavy atom. The summed E-state index contributed by atoms with van der Waals surface area (Å²) in [4.78, 5) is 14.2. The molecular formula is C16H32N2O2. The van der Waals surface area contributed by atoms with E-state index in [-0.39, 0.29) is 12.1 Å². The number of nitrogens with zero attached hydrogens (tertiary/aromatic N) is 1. The van der Waals surface area contributed by atoms with E-state index in [9.17, 15) is 4.79 Å². The Balaban J connectivity index is 0.000000956. The normalized spacial score (nSPS) is 22.5. The predicted octanol–water partition coefficient (Wildman–Crippen LogP) is 3.55. The minimum atomic E-state index is -0.410. The third-order valence-electron chi connectivity index (χ3n) is 3.95. The smallest absolute Gasteiger partial charge is 0.407 e. The average molecular weight is 284 g/mol. The molecule has 0 aromatic carbocycles. The number of alkyl carbamates (subject to hydrolysis) is 1. The maximum Gasteiger partial charge on any atom is 0.407 e. The summed E-state index contributed by atoms with van der Waals surface area (Å²) in [6.45, 7) is 14.2. The average Bonchev–Trinajstić information content (AvgIpc) is 3.09. The molecule has 2 fully saturated rings. The van der Waals surface area contributed by atoms with E-state index in [2.05, 4.69) is 17.1 Å². The summed E-state index contributed by atoms with van der Waals surface area (Å²) in [5.74, 6) is 0. The maximum atomic E-state index is 11.7. The molecule has 1 heterocycles. The molecule has 1 N–H and O–H groups in total.